The Morgan fingerprint density at radius 1 is 1.53 bits per heavy atom. The predicted octanol–water partition coefficient (Wildman–Crippen LogP) is 2.60. The average molecular weight is 370 g/mol. The number of halogens is 1. The number of thiophene rings is 1. The van der Waals surface area contributed by atoms with Crippen LogP contribution in [-0.2, 0) is 14.8 Å². The Kier molecular flexibility index (Phi) is 5.54. The van der Waals surface area contributed by atoms with Crippen LogP contribution in [0.4, 0.5) is 0 Å². The van der Waals surface area contributed by atoms with E-state index in [1.807, 2.05) is 13.8 Å². The minimum atomic E-state index is -3.81. The van der Waals surface area contributed by atoms with Crippen LogP contribution in [0.5, 0.6) is 0 Å². The molecular weight excluding hydrogens is 354 g/mol. The maximum absolute atomic E-state index is 12.2. The van der Waals surface area contributed by atoms with Gasteiger partial charge in [-0.15, -0.1) is 11.3 Å². The molecule has 0 bridgehead atoms. The first kappa shape index (κ1) is 16.6. The van der Waals surface area contributed by atoms with Crippen LogP contribution in [0.15, 0.2) is 14.7 Å². The molecule has 1 aromatic heterocycles. The first-order valence-corrected chi connectivity index (χ1v) is 8.74. The molecular formula is C11H16BrNO4S2. The van der Waals surface area contributed by atoms with Gasteiger partial charge in [-0.05, 0) is 41.3 Å². The molecule has 1 rings (SSSR count). The lowest BCUT2D eigenvalue weighted by atomic mass is 10.1. The van der Waals surface area contributed by atoms with Gasteiger partial charge in [0.15, 0.2) is 0 Å². The fourth-order valence-electron chi connectivity index (χ4n) is 1.62. The summed E-state index contributed by atoms with van der Waals surface area (Å²) in [7, 11) is -3.81. The Hall–Kier alpha value is -0.440. The highest BCUT2D eigenvalue weighted by molar-refractivity contribution is 9.11. The number of nitrogens with one attached hydrogen (secondary N) is 1. The van der Waals surface area contributed by atoms with Gasteiger partial charge in [-0.3, -0.25) is 4.79 Å². The van der Waals surface area contributed by atoms with E-state index in [1.165, 1.54) is 17.4 Å². The van der Waals surface area contributed by atoms with Crippen molar-refractivity contribution in [2.45, 2.75) is 38.1 Å². The van der Waals surface area contributed by atoms with Crippen LogP contribution >= 0.6 is 27.3 Å². The molecule has 5 nitrogen and oxygen atoms in total. The van der Waals surface area contributed by atoms with Gasteiger partial charge in [0.25, 0.3) is 0 Å². The van der Waals surface area contributed by atoms with Crippen molar-refractivity contribution in [1.29, 1.82) is 0 Å². The second-order valence-electron chi connectivity index (χ2n) is 4.61. The number of hydrogen-bond acceptors (Lipinski definition) is 4. The summed E-state index contributed by atoms with van der Waals surface area (Å²) in [5.74, 6) is -1.08. The van der Waals surface area contributed by atoms with Crippen molar-refractivity contribution in [3.63, 3.8) is 0 Å². The zero-order valence-corrected chi connectivity index (χ0v) is 14.0. The number of hydrogen-bond donors (Lipinski definition) is 2. The average Bonchev–Trinajstić information content (AvgIpc) is 2.56. The van der Waals surface area contributed by atoms with Crippen molar-refractivity contribution in [1.82, 2.24) is 4.72 Å². The minimum absolute atomic E-state index is 0.0825. The fourth-order valence-corrected chi connectivity index (χ4v) is 5.24. The van der Waals surface area contributed by atoms with E-state index in [0.29, 0.717) is 8.66 Å². The molecule has 0 aromatic carbocycles. The van der Waals surface area contributed by atoms with Crippen LogP contribution in [0.3, 0.4) is 0 Å². The molecule has 8 heteroatoms. The molecule has 19 heavy (non-hydrogen) atoms. The van der Waals surface area contributed by atoms with Gasteiger partial charge in [-0.1, -0.05) is 13.8 Å². The van der Waals surface area contributed by atoms with E-state index in [-0.39, 0.29) is 17.2 Å². The van der Waals surface area contributed by atoms with E-state index >= 15 is 0 Å². The maximum Gasteiger partial charge on any atom is 0.321 e. The topological polar surface area (TPSA) is 83.5 Å². The van der Waals surface area contributed by atoms with Crippen molar-refractivity contribution < 1.29 is 18.3 Å². The molecule has 0 amide bonds. The maximum atomic E-state index is 12.2. The number of rotatable bonds is 6. The van der Waals surface area contributed by atoms with Crippen molar-refractivity contribution in [3.8, 4) is 0 Å². The van der Waals surface area contributed by atoms with Gasteiger partial charge in [0.05, 0.1) is 8.68 Å². The largest absolute Gasteiger partial charge is 0.480 e. The minimum Gasteiger partial charge on any atom is -0.480 e. The van der Waals surface area contributed by atoms with Crippen molar-refractivity contribution in [2.24, 2.45) is 5.92 Å². The second-order valence-corrected chi connectivity index (χ2v) is 8.93. The molecule has 108 valence electrons. The lowest BCUT2D eigenvalue weighted by Crippen LogP contribution is -2.41. The van der Waals surface area contributed by atoms with Crippen LogP contribution < -0.4 is 4.72 Å². The lowest BCUT2D eigenvalue weighted by molar-refractivity contribution is -0.139. The van der Waals surface area contributed by atoms with Crippen molar-refractivity contribution in [2.75, 3.05) is 0 Å². The number of aryl methyl sites for hydroxylation is 1. The molecule has 0 fully saturated rings. The summed E-state index contributed by atoms with van der Waals surface area (Å²) in [5.41, 5.74) is 0. The third-order valence-electron chi connectivity index (χ3n) is 2.43. The summed E-state index contributed by atoms with van der Waals surface area (Å²) in [5, 5.41) is 9.07. The molecule has 0 aliphatic carbocycles. The van der Waals surface area contributed by atoms with Gasteiger partial charge >= 0.3 is 5.97 Å². The Bertz CT molecular complexity index is 565. The van der Waals surface area contributed by atoms with Crippen LogP contribution in [-0.4, -0.2) is 25.5 Å². The van der Waals surface area contributed by atoms with E-state index < -0.39 is 22.0 Å². The molecule has 1 heterocycles. The number of aliphatic carboxylic acids is 1. The van der Waals surface area contributed by atoms with Gasteiger partial charge in [-0.25, -0.2) is 8.42 Å². The summed E-state index contributed by atoms with van der Waals surface area (Å²) in [6.07, 6.45) is 0.249. The van der Waals surface area contributed by atoms with Crippen molar-refractivity contribution >= 4 is 43.3 Å². The number of carboxylic acid groups (broad SMARTS) is 1. The quantitative estimate of drug-likeness (QED) is 0.806. The second kappa shape index (κ2) is 6.34. The monoisotopic (exact) mass is 369 g/mol. The lowest BCUT2D eigenvalue weighted by Gasteiger charge is -2.16. The van der Waals surface area contributed by atoms with E-state index in [9.17, 15) is 13.2 Å². The predicted molar refractivity (Wildman–Crippen MR) is 78.0 cm³/mol. The number of carboxylic acids is 1. The van der Waals surface area contributed by atoms with Crippen LogP contribution in [0.25, 0.3) is 0 Å². The fraction of sp³-hybridized carbons (Fsp3) is 0.545. The van der Waals surface area contributed by atoms with Crippen LogP contribution in [0.2, 0.25) is 0 Å². The third kappa shape index (κ3) is 4.55. The summed E-state index contributed by atoms with van der Waals surface area (Å²) in [4.78, 5) is 11.8. The highest BCUT2D eigenvalue weighted by atomic mass is 79.9. The van der Waals surface area contributed by atoms with Crippen molar-refractivity contribution in [3.05, 3.63) is 14.7 Å². The first-order valence-electron chi connectivity index (χ1n) is 5.64. The Morgan fingerprint density at radius 3 is 2.47 bits per heavy atom. The van der Waals surface area contributed by atoms with Crippen LogP contribution in [0.1, 0.15) is 25.1 Å². The smallest absolute Gasteiger partial charge is 0.321 e. The SMILES string of the molecule is Cc1sc(Br)cc1S(=O)(=O)N[C@@H](CC(C)C)C(=O)O. The molecule has 0 saturated carbocycles. The van der Waals surface area contributed by atoms with Gasteiger partial charge in [0.1, 0.15) is 6.04 Å². The molecule has 0 aliphatic rings. The van der Waals surface area contributed by atoms with E-state index in [2.05, 4.69) is 20.7 Å². The van der Waals surface area contributed by atoms with E-state index in [1.54, 1.807) is 6.92 Å². The number of carbonyl (C=O) groups is 1. The molecule has 0 spiro atoms. The van der Waals surface area contributed by atoms with Crippen LogP contribution in [0, 0.1) is 12.8 Å². The molecule has 0 radical (unpaired) electrons. The highest BCUT2D eigenvalue weighted by Crippen LogP contribution is 2.29. The highest BCUT2D eigenvalue weighted by Gasteiger charge is 2.28. The molecule has 0 aliphatic heterocycles. The summed E-state index contributed by atoms with van der Waals surface area (Å²) in [6.45, 7) is 5.37. The van der Waals surface area contributed by atoms with Gasteiger partial charge in [0, 0.05) is 4.88 Å². The third-order valence-corrected chi connectivity index (χ3v) is 5.71. The van der Waals surface area contributed by atoms with Gasteiger partial charge in [-0.2, -0.15) is 4.72 Å². The Labute approximate surface area is 125 Å². The van der Waals surface area contributed by atoms with Gasteiger partial charge < -0.3 is 5.11 Å². The number of sulfonamides is 1. The van der Waals surface area contributed by atoms with E-state index in [0.717, 1.165) is 0 Å². The Morgan fingerprint density at radius 2 is 2.11 bits per heavy atom. The standard InChI is InChI=1S/C11H16BrNO4S2/c1-6(2)4-8(11(14)15)13-19(16,17)9-5-10(12)18-7(9)3/h5-6,8,13H,4H2,1-3H3,(H,14,15)/t8-/m0/s1. The molecule has 1 aromatic rings. The molecule has 0 saturated heterocycles. The zero-order valence-electron chi connectivity index (χ0n) is 10.8. The molecule has 1 atom stereocenters. The summed E-state index contributed by atoms with van der Waals surface area (Å²) < 4.78 is 27.3. The molecule has 2 N–H and O–H groups in total. The normalized spacial score (nSPS) is 13.7. The molecule has 0 unspecified atom stereocenters. The zero-order chi connectivity index (χ0) is 14.8. The summed E-state index contributed by atoms with van der Waals surface area (Å²) in [6, 6.07) is 0.374. The Balaban J connectivity index is 3.01. The van der Waals surface area contributed by atoms with E-state index in [4.69, 9.17) is 5.11 Å². The summed E-state index contributed by atoms with van der Waals surface area (Å²) >= 11 is 4.52. The van der Waals surface area contributed by atoms with Gasteiger partial charge in [0.2, 0.25) is 10.0 Å². The first-order chi connectivity index (χ1) is 8.63.